The summed E-state index contributed by atoms with van der Waals surface area (Å²) < 4.78 is 38.9. The lowest BCUT2D eigenvalue weighted by molar-refractivity contribution is 0.504. The van der Waals surface area contributed by atoms with Crippen LogP contribution in [0, 0.1) is 5.92 Å². The first-order valence-electron chi connectivity index (χ1n) is 5.84. The molecule has 0 aromatic carbocycles. The number of rotatable bonds is 8. The minimum Gasteiger partial charge on any atom is -0.281 e. The predicted molar refractivity (Wildman–Crippen MR) is 69.6 cm³/mol. The van der Waals surface area contributed by atoms with Gasteiger partial charge in [-0.2, -0.15) is 0 Å². The molecule has 0 aliphatic carbocycles. The van der Waals surface area contributed by atoms with E-state index in [9.17, 15) is 12.8 Å². The van der Waals surface area contributed by atoms with Crippen LogP contribution in [0.4, 0.5) is 4.39 Å². The first-order chi connectivity index (χ1) is 7.82. The summed E-state index contributed by atoms with van der Waals surface area (Å²) in [6.07, 6.45) is 2.61. The van der Waals surface area contributed by atoms with E-state index in [0.717, 1.165) is 0 Å². The van der Waals surface area contributed by atoms with E-state index in [4.69, 9.17) is 0 Å². The van der Waals surface area contributed by atoms with E-state index in [1.54, 1.807) is 6.92 Å². The van der Waals surface area contributed by atoms with Gasteiger partial charge in [0.15, 0.2) is 0 Å². The Morgan fingerprint density at radius 2 is 2.06 bits per heavy atom. The predicted octanol–water partition coefficient (Wildman–Crippen LogP) is 3.12. The van der Waals surface area contributed by atoms with Gasteiger partial charge >= 0.3 is 0 Å². The van der Waals surface area contributed by atoms with Crippen molar-refractivity contribution in [2.24, 2.45) is 5.92 Å². The minimum atomic E-state index is -3.45. The summed E-state index contributed by atoms with van der Waals surface area (Å²) in [5.41, 5.74) is -0.0286. The lowest BCUT2D eigenvalue weighted by atomic mass is 10.1. The van der Waals surface area contributed by atoms with Gasteiger partial charge in [-0.05, 0) is 24.8 Å². The maximum absolute atomic E-state index is 13.7. The van der Waals surface area contributed by atoms with Crippen molar-refractivity contribution in [1.82, 2.24) is 4.72 Å². The average Bonchev–Trinajstić information content (AvgIpc) is 2.22. The SMILES string of the molecule is C=C/C(NS(=O)(=O)CCC)=C(/F)CCC(C)C. The minimum absolute atomic E-state index is 0.0121. The van der Waals surface area contributed by atoms with E-state index in [0.29, 0.717) is 18.8 Å². The molecule has 0 heterocycles. The molecule has 100 valence electrons. The Bertz CT molecular complexity index is 372. The molecule has 0 aromatic rings. The summed E-state index contributed by atoms with van der Waals surface area (Å²) >= 11 is 0. The molecule has 0 atom stereocenters. The van der Waals surface area contributed by atoms with Gasteiger partial charge in [0.1, 0.15) is 5.83 Å². The third kappa shape index (κ3) is 7.15. The van der Waals surface area contributed by atoms with Gasteiger partial charge in [0, 0.05) is 6.42 Å². The van der Waals surface area contributed by atoms with Crippen LogP contribution in [-0.4, -0.2) is 14.2 Å². The second-order valence-corrected chi connectivity index (χ2v) is 6.22. The topological polar surface area (TPSA) is 46.2 Å². The van der Waals surface area contributed by atoms with E-state index in [2.05, 4.69) is 11.3 Å². The van der Waals surface area contributed by atoms with Gasteiger partial charge in [0.05, 0.1) is 11.4 Å². The zero-order chi connectivity index (χ0) is 13.5. The Morgan fingerprint density at radius 1 is 1.47 bits per heavy atom. The van der Waals surface area contributed by atoms with Crippen molar-refractivity contribution in [2.45, 2.75) is 40.0 Å². The Labute approximate surface area is 104 Å². The van der Waals surface area contributed by atoms with Gasteiger partial charge in [0.25, 0.3) is 0 Å². The van der Waals surface area contributed by atoms with Crippen LogP contribution in [0.5, 0.6) is 0 Å². The molecule has 0 rings (SSSR count). The highest BCUT2D eigenvalue weighted by atomic mass is 32.2. The number of allylic oxidation sites excluding steroid dienone is 2. The Kier molecular flexibility index (Phi) is 7.11. The fraction of sp³-hybridized carbons (Fsp3) is 0.667. The average molecular weight is 263 g/mol. The van der Waals surface area contributed by atoms with Gasteiger partial charge in [-0.15, -0.1) is 0 Å². The zero-order valence-electron chi connectivity index (χ0n) is 10.8. The molecule has 5 heteroatoms. The Balaban J connectivity index is 4.71. The highest BCUT2D eigenvalue weighted by Gasteiger charge is 2.12. The van der Waals surface area contributed by atoms with Gasteiger partial charge < -0.3 is 0 Å². The van der Waals surface area contributed by atoms with E-state index < -0.39 is 15.9 Å². The molecule has 0 spiro atoms. The molecule has 0 amide bonds. The van der Waals surface area contributed by atoms with Crippen LogP contribution in [0.3, 0.4) is 0 Å². The summed E-state index contributed by atoms with van der Waals surface area (Å²) in [6.45, 7) is 9.16. The van der Waals surface area contributed by atoms with E-state index in [1.807, 2.05) is 13.8 Å². The first kappa shape index (κ1) is 16.2. The third-order valence-corrected chi connectivity index (χ3v) is 3.65. The fourth-order valence-corrected chi connectivity index (χ4v) is 2.41. The van der Waals surface area contributed by atoms with Crippen LogP contribution in [0.15, 0.2) is 24.2 Å². The molecule has 3 nitrogen and oxygen atoms in total. The number of hydrogen-bond acceptors (Lipinski definition) is 2. The van der Waals surface area contributed by atoms with Crippen LogP contribution in [0.1, 0.15) is 40.0 Å². The summed E-state index contributed by atoms with van der Waals surface area (Å²) in [4.78, 5) is 0. The number of sulfonamides is 1. The van der Waals surface area contributed by atoms with Gasteiger partial charge in [-0.3, -0.25) is 4.72 Å². The molecule has 1 N–H and O–H groups in total. The van der Waals surface area contributed by atoms with Gasteiger partial charge in [-0.25, -0.2) is 12.8 Å². The van der Waals surface area contributed by atoms with Gasteiger partial charge in [0.2, 0.25) is 10.0 Å². The molecular formula is C12H22FNO2S. The first-order valence-corrected chi connectivity index (χ1v) is 7.49. The lowest BCUT2D eigenvalue weighted by Gasteiger charge is -2.10. The van der Waals surface area contributed by atoms with Crippen molar-refractivity contribution < 1.29 is 12.8 Å². The molecular weight excluding hydrogens is 241 g/mol. The van der Waals surface area contributed by atoms with Crippen LogP contribution in [-0.2, 0) is 10.0 Å². The molecule has 17 heavy (non-hydrogen) atoms. The number of halogens is 1. The van der Waals surface area contributed by atoms with E-state index in [-0.39, 0.29) is 17.9 Å². The second-order valence-electron chi connectivity index (χ2n) is 4.38. The van der Waals surface area contributed by atoms with Crippen molar-refractivity contribution in [3.8, 4) is 0 Å². The summed E-state index contributed by atoms with van der Waals surface area (Å²) in [5, 5.41) is 0. The van der Waals surface area contributed by atoms with Crippen molar-refractivity contribution in [3.63, 3.8) is 0 Å². The number of nitrogens with one attached hydrogen (secondary N) is 1. The molecule has 0 bridgehead atoms. The summed E-state index contributed by atoms with van der Waals surface area (Å²) in [6, 6.07) is 0. The molecule has 0 aliphatic rings. The van der Waals surface area contributed by atoms with E-state index in [1.165, 1.54) is 6.08 Å². The Hall–Kier alpha value is -0.840. The fourth-order valence-electron chi connectivity index (χ4n) is 1.25. The standard InChI is InChI=1S/C12H22FNO2S/c1-5-9-17(15,16)14-12(6-2)11(13)8-7-10(3)4/h6,10,14H,2,5,7-9H2,1,3-4H3/b12-11-. The molecule has 0 radical (unpaired) electrons. The third-order valence-electron chi connectivity index (χ3n) is 2.18. The highest BCUT2D eigenvalue weighted by molar-refractivity contribution is 7.89. The van der Waals surface area contributed by atoms with Crippen LogP contribution in [0.2, 0.25) is 0 Å². The molecule has 0 saturated heterocycles. The maximum atomic E-state index is 13.7. The van der Waals surface area contributed by atoms with Crippen molar-refractivity contribution >= 4 is 10.0 Å². The molecule has 0 aromatic heterocycles. The lowest BCUT2D eigenvalue weighted by Crippen LogP contribution is -2.25. The van der Waals surface area contributed by atoms with Crippen molar-refractivity contribution in [2.75, 3.05) is 5.75 Å². The van der Waals surface area contributed by atoms with Gasteiger partial charge in [-0.1, -0.05) is 27.4 Å². The molecule has 0 aliphatic heterocycles. The summed E-state index contributed by atoms with van der Waals surface area (Å²) in [5.74, 6) is -0.0885. The number of hydrogen-bond donors (Lipinski definition) is 1. The van der Waals surface area contributed by atoms with Crippen LogP contribution in [0.25, 0.3) is 0 Å². The smallest absolute Gasteiger partial charge is 0.232 e. The largest absolute Gasteiger partial charge is 0.281 e. The van der Waals surface area contributed by atoms with Crippen LogP contribution < -0.4 is 4.72 Å². The Morgan fingerprint density at radius 3 is 2.47 bits per heavy atom. The molecule has 0 saturated carbocycles. The zero-order valence-corrected chi connectivity index (χ0v) is 11.6. The monoisotopic (exact) mass is 263 g/mol. The second kappa shape index (κ2) is 7.48. The van der Waals surface area contributed by atoms with E-state index >= 15 is 0 Å². The quantitative estimate of drug-likeness (QED) is 0.684. The molecule has 0 fully saturated rings. The van der Waals surface area contributed by atoms with Crippen molar-refractivity contribution in [3.05, 3.63) is 24.2 Å². The van der Waals surface area contributed by atoms with Crippen molar-refractivity contribution in [1.29, 1.82) is 0 Å². The normalized spacial score (nSPS) is 13.5. The van der Waals surface area contributed by atoms with Crippen LogP contribution >= 0.6 is 0 Å². The summed E-state index contributed by atoms with van der Waals surface area (Å²) in [7, 11) is -3.45. The molecule has 0 unspecified atom stereocenters. The maximum Gasteiger partial charge on any atom is 0.232 e. The highest BCUT2D eigenvalue weighted by Crippen LogP contribution is 2.16.